The van der Waals surface area contributed by atoms with E-state index in [9.17, 15) is 0 Å². The number of aromatic nitrogens is 3. The zero-order chi connectivity index (χ0) is 18.1. The van der Waals surface area contributed by atoms with Gasteiger partial charge in [0.2, 0.25) is 0 Å². The minimum atomic E-state index is 0.527. The van der Waals surface area contributed by atoms with Crippen LogP contribution in [0.3, 0.4) is 0 Å². The Morgan fingerprint density at radius 2 is 1.85 bits per heavy atom. The van der Waals surface area contributed by atoms with Crippen LogP contribution in [0, 0.1) is 12.8 Å². The van der Waals surface area contributed by atoms with Crippen LogP contribution in [-0.2, 0) is 6.67 Å². The zero-order valence-electron chi connectivity index (χ0n) is 15.8. The zero-order valence-corrected chi connectivity index (χ0v) is 15.8. The van der Waals surface area contributed by atoms with Crippen LogP contribution in [-0.4, -0.2) is 39.1 Å². The van der Waals surface area contributed by atoms with Crippen molar-refractivity contribution in [1.29, 1.82) is 0 Å². The van der Waals surface area contributed by atoms with Gasteiger partial charge in [-0.05, 0) is 43.5 Å². The number of hydrogen-bond donors (Lipinski definition) is 0. The smallest absolute Gasteiger partial charge is 0.113 e. The first-order valence-electron chi connectivity index (χ1n) is 9.44. The largest absolute Gasteiger partial charge is 0.357 e. The number of anilines is 1. The standard InChI is InChI=1S/C21H27N5/c1-16(2)12-19-13-24(18-10-8-17(3)9-11-18)14-25(19)15-26-21-7-5-4-6-20(21)22-23-26/h4-11,16,19H,12-15H2,1-3H3/t19-/m0/s1. The molecule has 26 heavy (non-hydrogen) atoms. The molecule has 0 saturated carbocycles. The maximum absolute atomic E-state index is 4.39. The summed E-state index contributed by atoms with van der Waals surface area (Å²) in [7, 11) is 0. The molecule has 2 heterocycles. The quantitative estimate of drug-likeness (QED) is 0.700. The molecule has 0 radical (unpaired) electrons. The van der Waals surface area contributed by atoms with E-state index >= 15 is 0 Å². The third kappa shape index (κ3) is 3.44. The van der Waals surface area contributed by atoms with Crippen LogP contribution in [0.15, 0.2) is 48.5 Å². The van der Waals surface area contributed by atoms with E-state index < -0.39 is 0 Å². The number of rotatable bonds is 5. The van der Waals surface area contributed by atoms with E-state index in [2.05, 4.69) is 77.3 Å². The highest BCUT2D eigenvalue weighted by Crippen LogP contribution is 2.26. The van der Waals surface area contributed by atoms with Gasteiger partial charge in [0.25, 0.3) is 0 Å². The summed E-state index contributed by atoms with van der Waals surface area (Å²) < 4.78 is 2.03. The maximum Gasteiger partial charge on any atom is 0.113 e. The van der Waals surface area contributed by atoms with Gasteiger partial charge in [0.15, 0.2) is 0 Å². The SMILES string of the molecule is Cc1ccc(N2C[C@H](CC(C)C)N(Cn3nnc4ccccc43)C2)cc1. The minimum Gasteiger partial charge on any atom is -0.357 e. The molecule has 3 aromatic rings. The molecule has 4 rings (SSSR count). The van der Waals surface area contributed by atoms with Gasteiger partial charge in [-0.1, -0.05) is 48.9 Å². The summed E-state index contributed by atoms with van der Waals surface area (Å²) in [5.41, 5.74) is 4.67. The van der Waals surface area contributed by atoms with Crippen LogP contribution >= 0.6 is 0 Å². The molecule has 0 aliphatic carbocycles. The fourth-order valence-corrected chi connectivity index (χ4v) is 3.83. The molecule has 0 spiro atoms. The summed E-state index contributed by atoms with van der Waals surface area (Å²) in [5.74, 6) is 0.674. The van der Waals surface area contributed by atoms with Gasteiger partial charge in [-0.2, -0.15) is 0 Å². The Labute approximate surface area is 155 Å². The van der Waals surface area contributed by atoms with Gasteiger partial charge in [0.05, 0.1) is 18.9 Å². The van der Waals surface area contributed by atoms with Gasteiger partial charge in [-0.15, -0.1) is 5.10 Å². The highest BCUT2D eigenvalue weighted by Gasteiger charge is 2.31. The molecule has 1 saturated heterocycles. The highest BCUT2D eigenvalue weighted by atomic mass is 15.5. The van der Waals surface area contributed by atoms with E-state index in [1.165, 1.54) is 17.7 Å². The second-order valence-electron chi connectivity index (χ2n) is 7.79. The molecule has 0 unspecified atom stereocenters. The molecule has 0 amide bonds. The topological polar surface area (TPSA) is 37.2 Å². The summed E-state index contributed by atoms with van der Waals surface area (Å²) >= 11 is 0. The Balaban J connectivity index is 1.57. The van der Waals surface area contributed by atoms with E-state index in [0.29, 0.717) is 12.0 Å². The number of benzene rings is 2. The first kappa shape index (κ1) is 17.0. The van der Waals surface area contributed by atoms with Crippen molar-refractivity contribution < 1.29 is 0 Å². The Kier molecular flexibility index (Phi) is 4.64. The lowest BCUT2D eigenvalue weighted by Gasteiger charge is -2.24. The number of para-hydroxylation sites is 1. The van der Waals surface area contributed by atoms with Crippen LogP contribution in [0.4, 0.5) is 5.69 Å². The van der Waals surface area contributed by atoms with Gasteiger partial charge < -0.3 is 4.90 Å². The van der Waals surface area contributed by atoms with E-state index in [4.69, 9.17) is 0 Å². The Morgan fingerprint density at radius 1 is 1.08 bits per heavy atom. The second-order valence-corrected chi connectivity index (χ2v) is 7.79. The van der Waals surface area contributed by atoms with Crippen LogP contribution in [0.25, 0.3) is 11.0 Å². The summed E-state index contributed by atoms with van der Waals surface area (Å²) in [4.78, 5) is 5.01. The Hall–Kier alpha value is -2.40. The van der Waals surface area contributed by atoms with E-state index in [-0.39, 0.29) is 0 Å². The predicted octanol–water partition coefficient (Wildman–Crippen LogP) is 3.89. The Morgan fingerprint density at radius 3 is 2.62 bits per heavy atom. The molecule has 0 bridgehead atoms. The molecular formula is C21H27N5. The number of aryl methyl sites for hydroxylation is 1. The summed E-state index contributed by atoms with van der Waals surface area (Å²) in [6, 6.07) is 17.6. The number of fused-ring (bicyclic) bond motifs is 1. The molecule has 1 fully saturated rings. The van der Waals surface area contributed by atoms with E-state index in [1.807, 2.05) is 16.8 Å². The van der Waals surface area contributed by atoms with Gasteiger partial charge >= 0.3 is 0 Å². The van der Waals surface area contributed by atoms with Crippen molar-refractivity contribution in [2.24, 2.45) is 5.92 Å². The predicted molar refractivity (Wildman–Crippen MR) is 106 cm³/mol. The molecule has 2 aromatic carbocycles. The number of hydrogen-bond acceptors (Lipinski definition) is 4. The molecular weight excluding hydrogens is 322 g/mol. The van der Waals surface area contributed by atoms with E-state index in [1.54, 1.807) is 0 Å². The van der Waals surface area contributed by atoms with Gasteiger partial charge in [-0.25, -0.2) is 4.68 Å². The molecule has 1 aliphatic heterocycles. The Bertz CT molecular complexity index is 867. The van der Waals surface area contributed by atoms with Crippen molar-refractivity contribution in [2.75, 3.05) is 18.1 Å². The lowest BCUT2D eigenvalue weighted by Crippen LogP contribution is -2.34. The average molecular weight is 349 g/mol. The normalized spacial score (nSPS) is 18.3. The monoisotopic (exact) mass is 349 g/mol. The molecule has 0 N–H and O–H groups in total. The summed E-state index contributed by atoms with van der Waals surface area (Å²) in [5, 5.41) is 8.69. The highest BCUT2D eigenvalue weighted by molar-refractivity contribution is 5.73. The van der Waals surface area contributed by atoms with Crippen molar-refractivity contribution in [2.45, 2.75) is 39.9 Å². The van der Waals surface area contributed by atoms with Crippen molar-refractivity contribution in [3.8, 4) is 0 Å². The van der Waals surface area contributed by atoms with Crippen molar-refractivity contribution in [1.82, 2.24) is 19.9 Å². The van der Waals surface area contributed by atoms with Crippen LogP contribution in [0.5, 0.6) is 0 Å². The first-order valence-corrected chi connectivity index (χ1v) is 9.44. The van der Waals surface area contributed by atoms with Gasteiger partial charge in [-0.3, -0.25) is 4.90 Å². The van der Waals surface area contributed by atoms with E-state index in [0.717, 1.165) is 30.9 Å². The molecule has 1 aromatic heterocycles. The second kappa shape index (κ2) is 7.08. The summed E-state index contributed by atoms with van der Waals surface area (Å²) in [6.07, 6.45) is 1.19. The van der Waals surface area contributed by atoms with Crippen molar-refractivity contribution in [3.05, 3.63) is 54.1 Å². The lowest BCUT2D eigenvalue weighted by atomic mass is 10.0. The van der Waals surface area contributed by atoms with Crippen LogP contribution in [0.2, 0.25) is 0 Å². The van der Waals surface area contributed by atoms with Crippen molar-refractivity contribution in [3.63, 3.8) is 0 Å². The first-order chi connectivity index (χ1) is 12.6. The summed E-state index contributed by atoms with van der Waals surface area (Å²) in [6.45, 7) is 9.51. The van der Waals surface area contributed by atoms with Gasteiger partial charge in [0, 0.05) is 18.3 Å². The molecule has 1 atom stereocenters. The number of nitrogens with zero attached hydrogens (tertiary/aromatic N) is 5. The molecule has 5 heteroatoms. The lowest BCUT2D eigenvalue weighted by molar-refractivity contribution is 0.178. The molecule has 5 nitrogen and oxygen atoms in total. The maximum atomic E-state index is 4.39. The average Bonchev–Trinajstić information content (AvgIpc) is 3.20. The van der Waals surface area contributed by atoms with Crippen molar-refractivity contribution >= 4 is 16.7 Å². The fourth-order valence-electron chi connectivity index (χ4n) is 3.83. The molecule has 1 aliphatic rings. The molecule has 136 valence electrons. The van der Waals surface area contributed by atoms with Crippen LogP contribution < -0.4 is 4.90 Å². The minimum absolute atomic E-state index is 0.527. The third-order valence-electron chi connectivity index (χ3n) is 5.18. The van der Waals surface area contributed by atoms with Crippen LogP contribution in [0.1, 0.15) is 25.8 Å². The fraction of sp³-hybridized carbons (Fsp3) is 0.429. The third-order valence-corrected chi connectivity index (χ3v) is 5.18. The van der Waals surface area contributed by atoms with Gasteiger partial charge in [0.1, 0.15) is 5.52 Å².